The third-order valence-corrected chi connectivity index (χ3v) is 3.40. The number of nitrogens with one attached hydrogen (secondary N) is 1. The summed E-state index contributed by atoms with van der Waals surface area (Å²) in [6, 6.07) is 1.11. The highest BCUT2D eigenvalue weighted by molar-refractivity contribution is 5.81. The van der Waals surface area contributed by atoms with Crippen molar-refractivity contribution in [2.24, 2.45) is 0 Å². The Morgan fingerprint density at radius 3 is 2.40 bits per heavy atom. The van der Waals surface area contributed by atoms with Gasteiger partial charge in [-0.2, -0.15) is 0 Å². The first-order valence-electron chi connectivity index (χ1n) is 6.13. The zero-order valence-corrected chi connectivity index (χ0v) is 10.4. The molecule has 1 heterocycles. The van der Waals surface area contributed by atoms with E-state index >= 15 is 0 Å². The van der Waals surface area contributed by atoms with Crippen molar-refractivity contribution in [3.63, 3.8) is 0 Å². The van der Waals surface area contributed by atoms with E-state index in [9.17, 15) is 4.79 Å². The molecule has 0 spiro atoms. The van der Waals surface area contributed by atoms with Gasteiger partial charge >= 0.3 is 0 Å². The molecule has 3 nitrogen and oxygen atoms in total. The quantitative estimate of drug-likeness (QED) is 0.770. The van der Waals surface area contributed by atoms with Crippen LogP contribution in [0.2, 0.25) is 0 Å². The molecule has 3 unspecified atom stereocenters. The van der Waals surface area contributed by atoms with Crippen molar-refractivity contribution in [3.05, 3.63) is 0 Å². The van der Waals surface area contributed by atoms with Crippen LogP contribution in [0.1, 0.15) is 47.0 Å². The van der Waals surface area contributed by atoms with Crippen LogP contribution in [0.15, 0.2) is 0 Å². The lowest BCUT2D eigenvalue weighted by Crippen LogP contribution is -2.49. The van der Waals surface area contributed by atoms with E-state index in [-0.39, 0.29) is 11.9 Å². The van der Waals surface area contributed by atoms with Gasteiger partial charge in [0.25, 0.3) is 0 Å². The van der Waals surface area contributed by atoms with Crippen molar-refractivity contribution in [2.45, 2.75) is 65.1 Å². The van der Waals surface area contributed by atoms with Crippen LogP contribution in [0.3, 0.4) is 0 Å². The lowest BCUT2D eigenvalue weighted by Gasteiger charge is -2.31. The smallest absolute Gasteiger partial charge is 0.237 e. The minimum Gasteiger partial charge on any atom is -0.355 e. The molecule has 1 rings (SSSR count). The Bertz CT molecular complexity index is 208. The first kappa shape index (κ1) is 12.5. The maximum Gasteiger partial charge on any atom is 0.237 e. The molecule has 15 heavy (non-hydrogen) atoms. The van der Waals surface area contributed by atoms with Crippen LogP contribution >= 0.6 is 0 Å². The molecular formula is C12H24N2O. The average Bonchev–Trinajstić information content (AvgIpc) is 2.54. The van der Waals surface area contributed by atoms with E-state index in [1.807, 2.05) is 6.92 Å². The van der Waals surface area contributed by atoms with Gasteiger partial charge in [0, 0.05) is 18.6 Å². The van der Waals surface area contributed by atoms with Gasteiger partial charge in [0.1, 0.15) is 0 Å². The summed E-state index contributed by atoms with van der Waals surface area (Å²) >= 11 is 0. The second kappa shape index (κ2) is 5.50. The number of carbonyl (C=O) groups excluding carboxylic acids is 1. The van der Waals surface area contributed by atoms with Crippen LogP contribution in [-0.4, -0.2) is 35.5 Å². The maximum atomic E-state index is 11.8. The van der Waals surface area contributed by atoms with E-state index in [1.54, 1.807) is 0 Å². The minimum atomic E-state index is 0.0176. The molecule has 1 aliphatic heterocycles. The number of likely N-dealkylation sites (tertiary alicyclic amines) is 1. The number of amides is 1. The molecule has 0 aromatic rings. The molecule has 0 radical (unpaired) electrons. The summed E-state index contributed by atoms with van der Waals surface area (Å²) in [6.45, 7) is 9.31. The standard InChI is InChI=1S/C12H24N2O/c1-5-8-13-12(15)11(4)14-9(2)6-7-10(14)3/h9-11H,5-8H2,1-4H3,(H,13,15). The number of rotatable bonds is 4. The lowest BCUT2D eigenvalue weighted by atomic mass is 10.2. The van der Waals surface area contributed by atoms with Crippen LogP contribution in [-0.2, 0) is 4.79 Å². The van der Waals surface area contributed by atoms with Crippen molar-refractivity contribution >= 4 is 5.91 Å². The van der Waals surface area contributed by atoms with E-state index in [0.29, 0.717) is 12.1 Å². The Hall–Kier alpha value is -0.570. The van der Waals surface area contributed by atoms with E-state index in [0.717, 1.165) is 13.0 Å². The summed E-state index contributed by atoms with van der Waals surface area (Å²) in [5.41, 5.74) is 0. The normalized spacial score (nSPS) is 29.1. The van der Waals surface area contributed by atoms with Crippen molar-refractivity contribution in [1.29, 1.82) is 0 Å². The minimum absolute atomic E-state index is 0.0176. The summed E-state index contributed by atoms with van der Waals surface area (Å²) in [5, 5.41) is 2.97. The van der Waals surface area contributed by atoms with Crippen LogP contribution in [0, 0.1) is 0 Å². The topological polar surface area (TPSA) is 32.3 Å². The average molecular weight is 212 g/mol. The fourth-order valence-electron chi connectivity index (χ4n) is 2.51. The summed E-state index contributed by atoms with van der Waals surface area (Å²) in [5.74, 6) is 0.178. The van der Waals surface area contributed by atoms with Crippen LogP contribution in [0.25, 0.3) is 0 Å². The van der Waals surface area contributed by atoms with Crippen molar-refractivity contribution in [3.8, 4) is 0 Å². The molecule has 0 aliphatic carbocycles. The van der Waals surface area contributed by atoms with Crippen molar-refractivity contribution in [2.75, 3.05) is 6.54 Å². The summed E-state index contributed by atoms with van der Waals surface area (Å²) in [7, 11) is 0. The van der Waals surface area contributed by atoms with Gasteiger partial charge in [0.2, 0.25) is 5.91 Å². The first-order valence-corrected chi connectivity index (χ1v) is 6.13. The Morgan fingerprint density at radius 2 is 1.93 bits per heavy atom. The molecule has 0 aromatic heterocycles. The van der Waals surface area contributed by atoms with Gasteiger partial charge in [-0.1, -0.05) is 6.92 Å². The molecule has 0 bridgehead atoms. The summed E-state index contributed by atoms with van der Waals surface area (Å²) in [4.78, 5) is 14.2. The predicted octanol–water partition coefficient (Wildman–Crippen LogP) is 1.77. The van der Waals surface area contributed by atoms with E-state index in [1.165, 1.54) is 12.8 Å². The zero-order chi connectivity index (χ0) is 11.4. The Kier molecular flexibility index (Phi) is 4.58. The molecule has 0 aromatic carbocycles. The van der Waals surface area contributed by atoms with Crippen molar-refractivity contribution < 1.29 is 4.79 Å². The van der Waals surface area contributed by atoms with Gasteiger partial charge in [0.15, 0.2) is 0 Å². The van der Waals surface area contributed by atoms with Gasteiger partial charge in [-0.25, -0.2) is 0 Å². The largest absolute Gasteiger partial charge is 0.355 e. The van der Waals surface area contributed by atoms with Crippen LogP contribution < -0.4 is 5.32 Å². The molecule has 1 amide bonds. The van der Waals surface area contributed by atoms with Crippen LogP contribution in [0.5, 0.6) is 0 Å². The molecule has 1 fully saturated rings. The fraction of sp³-hybridized carbons (Fsp3) is 0.917. The Morgan fingerprint density at radius 1 is 1.40 bits per heavy atom. The SMILES string of the molecule is CCCNC(=O)C(C)N1C(C)CCC1C. The highest BCUT2D eigenvalue weighted by atomic mass is 16.2. The molecule has 1 saturated heterocycles. The van der Waals surface area contributed by atoms with Crippen molar-refractivity contribution in [1.82, 2.24) is 10.2 Å². The third-order valence-electron chi connectivity index (χ3n) is 3.40. The number of carbonyl (C=O) groups is 1. The molecule has 1 aliphatic rings. The van der Waals surface area contributed by atoms with E-state index < -0.39 is 0 Å². The number of hydrogen-bond donors (Lipinski definition) is 1. The summed E-state index contributed by atoms with van der Waals surface area (Å²) in [6.07, 6.45) is 3.43. The molecular weight excluding hydrogens is 188 g/mol. The lowest BCUT2D eigenvalue weighted by molar-refractivity contribution is -0.126. The second-order valence-corrected chi connectivity index (χ2v) is 4.69. The Labute approximate surface area is 93.2 Å². The maximum absolute atomic E-state index is 11.8. The van der Waals surface area contributed by atoms with E-state index in [2.05, 4.69) is 31.0 Å². The predicted molar refractivity (Wildman–Crippen MR) is 62.8 cm³/mol. The summed E-state index contributed by atoms with van der Waals surface area (Å²) < 4.78 is 0. The molecule has 0 saturated carbocycles. The van der Waals surface area contributed by atoms with Gasteiger partial charge in [0.05, 0.1) is 6.04 Å². The zero-order valence-electron chi connectivity index (χ0n) is 10.4. The Balaban J connectivity index is 2.50. The van der Waals surface area contributed by atoms with Crippen LogP contribution in [0.4, 0.5) is 0 Å². The number of nitrogens with zero attached hydrogens (tertiary/aromatic N) is 1. The highest BCUT2D eigenvalue weighted by Crippen LogP contribution is 2.25. The van der Waals surface area contributed by atoms with Gasteiger partial charge in [-0.15, -0.1) is 0 Å². The molecule has 88 valence electrons. The monoisotopic (exact) mass is 212 g/mol. The van der Waals surface area contributed by atoms with Gasteiger partial charge < -0.3 is 5.32 Å². The number of hydrogen-bond acceptors (Lipinski definition) is 2. The van der Waals surface area contributed by atoms with Gasteiger partial charge in [-0.3, -0.25) is 9.69 Å². The molecule has 3 heteroatoms. The highest BCUT2D eigenvalue weighted by Gasteiger charge is 2.33. The second-order valence-electron chi connectivity index (χ2n) is 4.69. The third kappa shape index (κ3) is 2.94. The van der Waals surface area contributed by atoms with E-state index in [4.69, 9.17) is 0 Å². The molecule has 1 N–H and O–H groups in total. The fourth-order valence-corrected chi connectivity index (χ4v) is 2.51. The molecule has 3 atom stereocenters. The van der Waals surface area contributed by atoms with Gasteiger partial charge in [-0.05, 0) is 40.0 Å². The first-order chi connectivity index (χ1) is 7.07.